The van der Waals surface area contributed by atoms with E-state index in [1.165, 1.54) is 7.11 Å². The number of nitrogens with one attached hydrogen (secondary N) is 1. The molecule has 0 atom stereocenters. The predicted octanol–water partition coefficient (Wildman–Crippen LogP) is 3.63. The number of para-hydroxylation sites is 1. The summed E-state index contributed by atoms with van der Waals surface area (Å²) in [6, 6.07) is 13.1. The second kappa shape index (κ2) is 8.45. The normalized spacial score (nSPS) is 12.9. The van der Waals surface area contributed by atoms with E-state index in [1.54, 1.807) is 16.9 Å². The second-order valence-electron chi connectivity index (χ2n) is 6.46. The van der Waals surface area contributed by atoms with E-state index in [0.717, 1.165) is 17.7 Å². The second-order valence-corrected chi connectivity index (χ2v) is 6.87. The third-order valence-corrected chi connectivity index (χ3v) is 4.73. The molecule has 0 radical (unpaired) electrons. The number of carbonyl (C=O) groups excluding carboxylic acids is 1. The van der Waals surface area contributed by atoms with Gasteiger partial charge in [0.05, 0.1) is 37.2 Å². The van der Waals surface area contributed by atoms with Gasteiger partial charge in [-0.15, -0.1) is 0 Å². The van der Waals surface area contributed by atoms with E-state index in [2.05, 4.69) is 10.4 Å². The van der Waals surface area contributed by atoms with Crippen LogP contribution in [0.5, 0.6) is 17.2 Å². The number of fused-ring (bicyclic) bond motifs is 1. The number of aromatic nitrogens is 2. The fourth-order valence-electron chi connectivity index (χ4n) is 3.03. The van der Waals surface area contributed by atoms with Gasteiger partial charge < -0.3 is 19.5 Å². The van der Waals surface area contributed by atoms with Crippen molar-refractivity contribution >= 4 is 17.5 Å². The molecule has 150 valence electrons. The molecule has 0 unspecified atom stereocenters. The van der Waals surface area contributed by atoms with Crippen molar-refractivity contribution in [3.63, 3.8) is 0 Å². The van der Waals surface area contributed by atoms with Crippen LogP contribution in [0, 0.1) is 0 Å². The van der Waals surface area contributed by atoms with Crippen molar-refractivity contribution < 1.29 is 19.0 Å². The van der Waals surface area contributed by atoms with E-state index in [1.807, 2.05) is 36.4 Å². The molecule has 0 bridgehead atoms. The van der Waals surface area contributed by atoms with Crippen LogP contribution in [0.1, 0.15) is 22.5 Å². The molecule has 1 aliphatic rings. The van der Waals surface area contributed by atoms with Crippen molar-refractivity contribution in [2.45, 2.75) is 13.0 Å². The summed E-state index contributed by atoms with van der Waals surface area (Å²) in [5.74, 6) is 1.18. The SMILES string of the molecule is COc1cn(-c2ccccc2)nc1C(=O)NCc1cc(Cl)c2c(c1)OCCCO2. The average molecular weight is 414 g/mol. The molecule has 0 saturated carbocycles. The third kappa shape index (κ3) is 4.14. The van der Waals surface area contributed by atoms with Crippen molar-refractivity contribution in [2.75, 3.05) is 20.3 Å². The zero-order valence-corrected chi connectivity index (χ0v) is 16.6. The van der Waals surface area contributed by atoms with Gasteiger partial charge in [-0.1, -0.05) is 29.8 Å². The van der Waals surface area contributed by atoms with Crippen LogP contribution in [0.15, 0.2) is 48.7 Å². The maximum atomic E-state index is 12.7. The average Bonchev–Trinajstić information content (AvgIpc) is 3.04. The summed E-state index contributed by atoms with van der Waals surface area (Å²) in [5.41, 5.74) is 1.84. The molecule has 8 heteroatoms. The number of methoxy groups -OCH3 is 1. The first-order valence-corrected chi connectivity index (χ1v) is 9.59. The molecule has 1 aliphatic heterocycles. The van der Waals surface area contributed by atoms with E-state index in [0.29, 0.717) is 35.5 Å². The van der Waals surface area contributed by atoms with Gasteiger partial charge in [0, 0.05) is 13.0 Å². The lowest BCUT2D eigenvalue weighted by Gasteiger charge is -2.12. The predicted molar refractivity (Wildman–Crippen MR) is 108 cm³/mol. The van der Waals surface area contributed by atoms with Gasteiger partial charge in [0.15, 0.2) is 22.9 Å². The van der Waals surface area contributed by atoms with Crippen molar-refractivity contribution in [1.82, 2.24) is 15.1 Å². The highest BCUT2D eigenvalue weighted by atomic mass is 35.5. The highest BCUT2D eigenvalue weighted by molar-refractivity contribution is 6.32. The quantitative estimate of drug-likeness (QED) is 0.691. The van der Waals surface area contributed by atoms with Crippen molar-refractivity contribution in [2.24, 2.45) is 0 Å². The van der Waals surface area contributed by atoms with Gasteiger partial charge in [-0.3, -0.25) is 4.79 Å². The molecule has 0 fully saturated rings. The first kappa shape index (κ1) is 19.1. The Kier molecular flexibility index (Phi) is 5.57. The summed E-state index contributed by atoms with van der Waals surface area (Å²) in [4.78, 5) is 12.7. The number of rotatable bonds is 5. The lowest BCUT2D eigenvalue weighted by molar-refractivity contribution is 0.0942. The number of carbonyl (C=O) groups is 1. The van der Waals surface area contributed by atoms with Crippen LogP contribution < -0.4 is 19.5 Å². The molecule has 4 rings (SSSR count). The molecule has 1 aromatic heterocycles. The van der Waals surface area contributed by atoms with Gasteiger partial charge >= 0.3 is 0 Å². The van der Waals surface area contributed by atoms with Crippen LogP contribution in [-0.4, -0.2) is 36.0 Å². The molecule has 0 spiro atoms. The van der Waals surface area contributed by atoms with Crippen LogP contribution >= 0.6 is 11.6 Å². The minimum absolute atomic E-state index is 0.205. The van der Waals surface area contributed by atoms with Gasteiger partial charge in [-0.2, -0.15) is 5.10 Å². The minimum atomic E-state index is -0.347. The number of ether oxygens (including phenoxy) is 3. The zero-order valence-electron chi connectivity index (χ0n) is 15.9. The van der Waals surface area contributed by atoms with Crippen LogP contribution in [0.4, 0.5) is 0 Å². The lowest BCUT2D eigenvalue weighted by atomic mass is 10.2. The summed E-state index contributed by atoms with van der Waals surface area (Å²) >= 11 is 6.32. The molecular formula is C21H20ClN3O4. The van der Waals surface area contributed by atoms with Crippen molar-refractivity contribution in [3.05, 3.63) is 64.9 Å². The Morgan fingerprint density at radius 3 is 2.83 bits per heavy atom. The van der Waals surface area contributed by atoms with Gasteiger partial charge in [0.1, 0.15) is 0 Å². The number of halogens is 1. The first-order chi connectivity index (χ1) is 14.2. The van der Waals surface area contributed by atoms with Crippen LogP contribution in [0.3, 0.4) is 0 Å². The monoisotopic (exact) mass is 413 g/mol. The van der Waals surface area contributed by atoms with Gasteiger partial charge in [-0.05, 0) is 29.8 Å². The number of hydrogen-bond donors (Lipinski definition) is 1. The molecule has 7 nitrogen and oxygen atoms in total. The summed E-state index contributed by atoms with van der Waals surface area (Å²) in [5, 5.41) is 7.69. The summed E-state index contributed by atoms with van der Waals surface area (Å²) in [6.07, 6.45) is 2.47. The lowest BCUT2D eigenvalue weighted by Crippen LogP contribution is -2.24. The number of amides is 1. The van der Waals surface area contributed by atoms with Crippen molar-refractivity contribution in [3.8, 4) is 22.9 Å². The summed E-state index contributed by atoms with van der Waals surface area (Å²) in [6.45, 7) is 1.39. The standard InChI is InChI=1S/C21H20ClN3O4/c1-27-18-13-25(15-6-3-2-4-7-15)24-19(18)21(26)23-12-14-10-16(22)20-17(11-14)28-8-5-9-29-20/h2-4,6-7,10-11,13H,5,8-9,12H2,1H3,(H,23,26). The van der Waals surface area contributed by atoms with Crippen LogP contribution in [0.2, 0.25) is 5.02 Å². The zero-order chi connectivity index (χ0) is 20.2. The van der Waals surface area contributed by atoms with E-state index in [4.69, 9.17) is 25.8 Å². The molecule has 2 heterocycles. The molecule has 0 aliphatic carbocycles. The van der Waals surface area contributed by atoms with Crippen molar-refractivity contribution in [1.29, 1.82) is 0 Å². The Bertz CT molecular complexity index is 1020. The Hall–Kier alpha value is -3.19. The Morgan fingerprint density at radius 2 is 2.03 bits per heavy atom. The first-order valence-electron chi connectivity index (χ1n) is 9.21. The van der Waals surface area contributed by atoms with Gasteiger partial charge in [-0.25, -0.2) is 4.68 Å². The Balaban J connectivity index is 1.51. The molecule has 1 amide bonds. The molecule has 1 N–H and O–H groups in total. The maximum Gasteiger partial charge on any atom is 0.275 e. The molecule has 2 aromatic carbocycles. The number of hydrogen-bond acceptors (Lipinski definition) is 5. The van der Waals surface area contributed by atoms with Crippen LogP contribution in [-0.2, 0) is 6.54 Å². The van der Waals surface area contributed by atoms with Gasteiger partial charge in [0.2, 0.25) is 0 Å². The minimum Gasteiger partial charge on any atom is -0.493 e. The van der Waals surface area contributed by atoms with Crippen LogP contribution in [0.25, 0.3) is 5.69 Å². The molecular weight excluding hydrogens is 394 g/mol. The molecule has 29 heavy (non-hydrogen) atoms. The van der Waals surface area contributed by atoms with E-state index >= 15 is 0 Å². The maximum absolute atomic E-state index is 12.7. The van der Waals surface area contributed by atoms with Gasteiger partial charge in [0.25, 0.3) is 5.91 Å². The number of nitrogens with zero attached hydrogens (tertiary/aromatic N) is 2. The largest absolute Gasteiger partial charge is 0.493 e. The van der Waals surface area contributed by atoms with E-state index in [-0.39, 0.29) is 18.1 Å². The summed E-state index contributed by atoms with van der Waals surface area (Å²) < 4.78 is 18.3. The fraction of sp³-hybridized carbons (Fsp3) is 0.238. The Labute approximate surface area is 173 Å². The Morgan fingerprint density at radius 1 is 1.24 bits per heavy atom. The summed E-state index contributed by atoms with van der Waals surface area (Å²) in [7, 11) is 1.51. The molecule has 3 aromatic rings. The van der Waals surface area contributed by atoms with E-state index < -0.39 is 0 Å². The smallest absolute Gasteiger partial charge is 0.275 e. The van der Waals surface area contributed by atoms with E-state index in [9.17, 15) is 4.79 Å². The third-order valence-electron chi connectivity index (χ3n) is 4.45. The highest BCUT2D eigenvalue weighted by Crippen LogP contribution is 2.38. The fourth-order valence-corrected chi connectivity index (χ4v) is 3.32. The number of benzene rings is 2. The topological polar surface area (TPSA) is 74.6 Å². The highest BCUT2D eigenvalue weighted by Gasteiger charge is 2.20. The molecule has 0 saturated heterocycles.